The molecule has 0 saturated carbocycles. The van der Waals surface area contributed by atoms with Gasteiger partial charge in [0, 0.05) is 49.8 Å². The fraction of sp³-hybridized carbons (Fsp3) is 0.414. The second-order valence-corrected chi connectivity index (χ2v) is 10.6. The molecule has 200 valence electrons. The second-order valence-electron chi connectivity index (χ2n) is 10.6. The lowest BCUT2D eigenvalue weighted by atomic mass is 9.83. The Morgan fingerprint density at radius 3 is 2.61 bits per heavy atom. The van der Waals surface area contributed by atoms with Crippen LogP contribution < -0.4 is 21.5 Å². The van der Waals surface area contributed by atoms with E-state index in [9.17, 15) is 19.5 Å². The zero-order valence-electron chi connectivity index (χ0n) is 21.6. The molecule has 5 rings (SSSR count). The van der Waals surface area contributed by atoms with Crippen LogP contribution in [0.1, 0.15) is 61.3 Å². The molecule has 0 radical (unpaired) electrons. The molecular formula is C29H33N3O6. The fourth-order valence-corrected chi connectivity index (χ4v) is 5.83. The van der Waals surface area contributed by atoms with Crippen molar-refractivity contribution < 1.29 is 19.1 Å². The highest BCUT2D eigenvalue weighted by Gasteiger charge is 2.35. The molecular weight excluding hydrogens is 486 g/mol. The van der Waals surface area contributed by atoms with E-state index in [0.717, 1.165) is 25.2 Å². The van der Waals surface area contributed by atoms with Gasteiger partial charge in [-0.05, 0) is 49.9 Å². The topological polar surface area (TPSA) is 128 Å². The maximum absolute atomic E-state index is 12.8. The van der Waals surface area contributed by atoms with Crippen LogP contribution in [0.4, 0.5) is 0 Å². The summed E-state index contributed by atoms with van der Waals surface area (Å²) in [6, 6.07) is 13.8. The van der Waals surface area contributed by atoms with Crippen molar-refractivity contribution in [2.24, 2.45) is 11.7 Å². The van der Waals surface area contributed by atoms with Crippen LogP contribution >= 0.6 is 0 Å². The van der Waals surface area contributed by atoms with Crippen LogP contribution in [0.2, 0.25) is 0 Å². The molecule has 3 aromatic rings. The molecule has 2 aliphatic heterocycles. The summed E-state index contributed by atoms with van der Waals surface area (Å²) in [4.78, 5) is 39.3. The molecule has 2 bridgehead atoms. The largest absolute Gasteiger partial charge is 0.502 e. The number of carbonyl (C=O) groups excluding carboxylic acids is 1. The maximum atomic E-state index is 12.8. The van der Waals surface area contributed by atoms with E-state index >= 15 is 0 Å². The van der Waals surface area contributed by atoms with E-state index in [1.807, 2.05) is 24.5 Å². The molecule has 2 aromatic heterocycles. The van der Waals surface area contributed by atoms with E-state index in [0.29, 0.717) is 36.1 Å². The Morgan fingerprint density at radius 1 is 1.13 bits per heavy atom. The molecule has 1 fully saturated rings. The highest BCUT2D eigenvalue weighted by molar-refractivity contribution is 5.75. The van der Waals surface area contributed by atoms with Gasteiger partial charge in [-0.1, -0.05) is 18.2 Å². The first-order valence-electron chi connectivity index (χ1n) is 13.0. The summed E-state index contributed by atoms with van der Waals surface area (Å²) < 4.78 is 13.7. The summed E-state index contributed by atoms with van der Waals surface area (Å²) in [6.45, 7) is 6.38. The van der Waals surface area contributed by atoms with Gasteiger partial charge in [0.15, 0.2) is 5.76 Å². The molecule has 0 aliphatic carbocycles. The van der Waals surface area contributed by atoms with Crippen molar-refractivity contribution in [3.63, 3.8) is 0 Å². The van der Waals surface area contributed by atoms with Crippen molar-refractivity contribution in [3.05, 3.63) is 91.9 Å². The maximum Gasteiger partial charge on any atom is 0.250 e. The first kappa shape index (κ1) is 25.8. The third-order valence-corrected chi connectivity index (χ3v) is 7.31. The second kappa shape index (κ2) is 10.5. The van der Waals surface area contributed by atoms with Gasteiger partial charge in [-0.25, -0.2) is 0 Å². The molecule has 4 heterocycles. The summed E-state index contributed by atoms with van der Waals surface area (Å²) in [7, 11) is 0. The van der Waals surface area contributed by atoms with E-state index < -0.39 is 23.0 Å². The molecule has 3 N–H and O–H groups in total. The van der Waals surface area contributed by atoms with Crippen molar-refractivity contribution in [1.82, 2.24) is 9.47 Å². The smallest absolute Gasteiger partial charge is 0.250 e. The van der Waals surface area contributed by atoms with Crippen molar-refractivity contribution in [1.29, 1.82) is 0 Å². The van der Waals surface area contributed by atoms with Crippen LogP contribution in [-0.4, -0.2) is 39.7 Å². The first-order chi connectivity index (χ1) is 18.2. The third-order valence-electron chi connectivity index (χ3n) is 7.31. The number of nitrogens with two attached hydrogens (primary N) is 1. The number of benzene rings is 1. The number of carbonyl (C=O) groups is 1. The number of aromatic hydroxyl groups is 1. The summed E-state index contributed by atoms with van der Waals surface area (Å²) in [5.74, 6) is -0.199. The first-order valence-corrected chi connectivity index (χ1v) is 13.0. The van der Waals surface area contributed by atoms with Crippen molar-refractivity contribution >= 4 is 5.91 Å². The van der Waals surface area contributed by atoms with Crippen LogP contribution in [0, 0.1) is 5.92 Å². The van der Waals surface area contributed by atoms with E-state index in [4.69, 9.17) is 14.9 Å². The number of primary amides is 1. The van der Waals surface area contributed by atoms with Gasteiger partial charge < -0.3 is 24.6 Å². The third kappa shape index (κ3) is 5.38. The average molecular weight is 520 g/mol. The Labute approximate surface area is 220 Å². The molecule has 0 spiro atoms. The van der Waals surface area contributed by atoms with Crippen LogP contribution in [0.25, 0.3) is 0 Å². The monoisotopic (exact) mass is 519 g/mol. The van der Waals surface area contributed by atoms with E-state index in [1.165, 1.54) is 6.07 Å². The molecule has 9 nitrogen and oxygen atoms in total. The fourth-order valence-electron chi connectivity index (χ4n) is 5.83. The zero-order valence-corrected chi connectivity index (χ0v) is 21.6. The van der Waals surface area contributed by atoms with E-state index in [2.05, 4.69) is 4.90 Å². The minimum atomic E-state index is -0.729. The quantitative estimate of drug-likeness (QED) is 0.468. The van der Waals surface area contributed by atoms with Crippen LogP contribution in [-0.2, 0) is 17.9 Å². The predicted molar refractivity (Wildman–Crippen MR) is 141 cm³/mol. The van der Waals surface area contributed by atoms with Crippen molar-refractivity contribution in [3.8, 4) is 11.5 Å². The number of hydrogen-bond donors (Lipinski definition) is 2. The highest BCUT2D eigenvalue weighted by Crippen LogP contribution is 2.37. The Bertz CT molecular complexity index is 1440. The number of ether oxygens (including phenoxy) is 1. The molecule has 3 unspecified atom stereocenters. The van der Waals surface area contributed by atoms with Crippen molar-refractivity contribution in [2.45, 2.75) is 57.7 Å². The minimum Gasteiger partial charge on any atom is -0.502 e. The summed E-state index contributed by atoms with van der Waals surface area (Å²) in [5, 5.41) is 10.7. The number of amides is 1. The van der Waals surface area contributed by atoms with E-state index in [-0.39, 0.29) is 29.8 Å². The molecule has 38 heavy (non-hydrogen) atoms. The van der Waals surface area contributed by atoms with Crippen LogP contribution in [0.3, 0.4) is 0 Å². The lowest BCUT2D eigenvalue weighted by Gasteiger charge is -2.42. The van der Waals surface area contributed by atoms with Gasteiger partial charge in [-0.3, -0.25) is 19.3 Å². The zero-order chi connectivity index (χ0) is 27.0. The lowest BCUT2D eigenvalue weighted by Crippen LogP contribution is -2.46. The number of likely N-dealkylation sites (tertiary alicyclic amines) is 1. The predicted octanol–water partition coefficient (Wildman–Crippen LogP) is 2.92. The summed E-state index contributed by atoms with van der Waals surface area (Å²) in [5.41, 5.74) is 6.72. The Kier molecular flexibility index (Phi) is 7.12. The number of aromatic nitrogens is 1. The van der Waals surface area contributed by atoms with Gasteiger partial charge in [-0.15, -0.1) is 0 Å². The van der Waals surface area contributed by atoms with Gasteiger partial charge in [-0.2, -0.15) is 0 Å². The number of nitrogens with zero attached hydrogens (tertiary/aromatic N) is 2. The van der Waals surface area contributed by atoms with Gasteiger partial charge in [0.2, 0.25) is 17.1 Å². The van der Waals surface area contributed by atoms with Gasteiger partial charge in [0.1, 0.15) is 11.5 Å². The molecule has 9 heteroatoms. The van der Waals surface area contributed by atoms with E-state index in [1.54, 1.807) is 36.4 Å². The summed E-state index contributed by atoms with van der Waals surface area (Å²) >= 11 is 0. The number of pyridine rings is 1. The molecule has 1 saturated heterocycles. The number of rotatable bonds is 8. The summed E-state index contributed by atoms with van der Waals surface area (Å²) in [6.07, 6.45) is 0.885. The standard InChI is InChI=1S/C29H33N3O6/c1-17(2)37-21-8-6-19(7-9-21)23(12-26(30)34)29-28(36)25(33)11-22(38-29)16-31-13-18-10-20(15-31)24-4-3-5-27(35)32(24)14-18/h3-9,11,17-18,20,23,36H,10,12-16H2,1-2H3,(H2,30,34). The van der Waals surface area contributed by atoms with Gasteiger partial charge in [0.05, 0.1) is 18.6 Å². The molecule has 1 aromatic carbocycles. The van der Waals surface area contributed by atoms with Crippen LogP contribution in [0.15, 0.2) is 62.5 Å². The Hall–Kier alpha value is -3.85. The number of fused-ring (bicyclic) bond motifs is 4. The number of piperidine rings is 1. The van der Waals surface area contributed by atoms with Gasteiger partial charge in [0.25, 0.3) is 5.56 Å². The number of hydrogen-bond acceptors (Lipinski definition) is 7. The average Bonchev–Trinajstić information content (AvgIpc) is 2.85. The lowest BCUT2D eigenvalue weighted by molar-refractivity contribution is -0.118. The SMILES string of the molecule is CC(C)Oc1ccc(C(CC(N)=O)c2oc(CN3CC4CC(C3)c3cccc(=O)n3C4)cc(=O)c2O)cc1. The Morgan fingerprint density at radius 2 is 1.89 bits per heavy atom. The highest BCUT2D eigenvalue weighted by atomic mass is 16.5. The minimum absolute atomic E-state index is 0.00441. The molecule has 1 amide bonds. The van der Waals surface area contributed by atoms with Gasteiger partial charge >= 0.3 is 0 Å². The molecule has 3 atom stereocenters. The molecule has 2 aliphatic rings. The van der Waals surface area contributed by atoms with Crippen LogP contribution in [0.5, 0.6) is 11.5 Å². The normalized spacial score (nSPS) is 19.7. The van der Waals surface area contributed by atoms with Crippen molar-refractivity contribution in [2.75, 3.05) is 13.1 Å². The Balaban J connectivity index is 1.42.